The minimum Gasteiger partial charge on any atom is -0.309 e. The van der Waals surface area contributed by atoms with Gasteiger partial charge in [0.15, 0.2) is 0 Å². The van der Waals surface area contributed by atoms with Gasteiger partial charge in [-0.25, -0.2) is 4.98 Å². The average molecular weight is 196 g/mol. The van der Waals surface area contributed by atoms with Gasteiger partial charge in [-0.05, 0) is 12.8 Å². The lowest BCUT2D eigenvalue weighted by Crippen LogP contribution is -2.32. The first-order chi connectivity index (χ1) is 6.18. The quantitative estimate of drug-likeness (QED) is 0.745. The fraction of sp³-hybridized carbons (Fsp3) is 0.700. The SMILES string of the molecule is Cc1nc2c(s1)[C@@H](C(C)C)NCC2. The van der Waals surface area contributed by atoms with E-state index in [4.69, 9.17) is 0 Å². The molecule has 1 aromatic heterocycles. The van der Waals surface area contributed by atoms with Crippen LogP contribution in [0.2, 0.25) is 0 Å². The van der Waals surface area contributed by atoms with Gasteiger partial charge < -0.3 is 5.32 Å². The summed E-state index contributed by atoms with van der Waals surface area (Å²) in [7, 11) is 0. The summed E-state index contributed by atoms with van der Waals surface area (Å²) in [5, 5.41) is 4.77. The van der Waals surface area contributed by atoms with E-state index in [0.29, 0.717) is 12.0 Å². The van der Waals surface area contributed by atoms with Crippen LogP contribution in [-0.2, 0) is 6.42 Å². The predicted octanol–water partition coefficient (Wildman–Crippen LogP) is 2.29. The highest BCUT2D eigenvalue weighted by molar-refractivity contribution is 7.11. The van der Waals surface area contributed by atoms with Gasteiger partial charge in [-0.3, -0.25) is 0 Å². The second-order valence-corrected chi connectivity index (χ2v) is 5.20. The average Bonchev–Trinajstić information content (AvgIpc) is 2.43. The van der Waals surface area contributed by atoms with E-state index >= 15 is 0 Å². The Morgan fingerprint density at radius 2 is 2.31 bits per heavy atom. The van der Waals surface area contributed by atoms with Crippen LogP contribution in [0.25, 0.3) is 0 Å². The molecule has 0 aliphatic carbocycles. The molecule has 0 bridgehead atoms. The van der Waals surface area contributed by atoms with Crippen molar-refractivity contribution in [2.75, 3.05) is 6.54 Å². The summed E-state index contributed by atoms with van der Waals surface area (Å²) >= 11 is 1.85. The fourth-order valence-corrected chi connectivity index (χ4v) is 3.11. The first kappa shape index (κ1) is 9.16. The molecule has 0 saturated heterocycles. The summed E-state index contributed by atoms with van der Waals surface area (Å²) in [6.45, 7) is 7.71. The van der Waals surface area contributed by atoms with E-state index < -0.39 is 0 Å². The molecule has 0 radical (unpaired) electrons. The largest absolute Gasteiger partial charge is 0.309 e. The summed E-state index contributed by atoms with van der Waals surface area (Å²) < 4.78 is 0. The van der Waals surface area contributed by atoms with Gasteiger partial charge in [0.1, 0.15) is 0 Å². The van der Waals surface area contributed by atoms with Crippen molar-refractivity contribution in [2.45, 2.75) is 33.2 Å². The Morgan fingerprint density at radius 1 is 1.54 bits per heavy atom. The van der Waals surface area contributed by atoms with Gasteiger partial charge in [0.2, 0.25) is 0 Å². The summed E-state index contributed by atoms with van der Waals surface area (Å²) in [6.07, 6.45) is 1.10. The lowest BCUT2D eigenvalue weighted by atomic mass is 9.98. The summed E-state index contributed by atoms with van der Waals surface area (Å²) in [6, 6.07) is 0.537. The monoisotopic (exact) mass is 196 g/mol. The maximum Gasteiger partial charge on any atom is 0.0900 e. The highest BCUT2D eigenvalue weighted by Gasteiger charge is 2.25. The predicted molar refractivity (Wildman–Crippen MR) is 56.1 cm³/mol. The van der Waals surface area contributed by atoms with E-state index in [1.165, 1.54) is 15.6 Å². The lowest BCUT2D eigenvalue weighted by Gasteiger charge is -2.26. The molecular weight excluding hydrogens is 180 g/mol. The number of nitrogens with one attached hydrogen (secondary N) is 1. The van der Waals surface area contributed by atoms with Crippen molar-refractivity contribution in [3.8, 4) is 0 Å². The third kappa shape index (κ3) is 1.63. The zero-order valence-electron chi connectivity index (χ0n) is 8.42. The van der Waals surface area contributed by atoms with Crippen LogP contribution in [0.4, 0.5) is 0 Å². The van der Waals surface area contributed by atoms with Crippen LogP contribution >= 0.6 is 11.3 Å². The molecular formula is C10H16N2S. The lowest BCUT2D eigenvalue weighted by molar-refractivity contribution is 0.399. The summed E-state index contributed by atoms with van der Waals surface area (Å²) in [5.74, 6) is 0.666. The second kappa shape index (κ2) is 3.39. The Kier molecular flexibility index (Phi) is 2.39. The van der Waals surface area contributed by atoms with E-state index in [0.717, 1.165) is 13.0 Å². The molecule has 2 rings (SSSR count). The number of hydrogen-bond donors (Lipinski definition) is 1. The number of aromatic nitrogens is 1. The molecule has 1 atom stereocenters. The van der Waals surface area contributed by atoms with Crippen molar-refractivity contribution >= 4 is 11.3 Å². The second-order valence-electron chi connectivity index (χ2n) is 3.97. The van der Waals surface area contributed by atoms with E-state index in [1.807, 2.05) is 11.3 Å². The highest BCUT2D eigenvalue weighted by Crippen LogP contribution is 2.32. The van der Waals surface area contributed by atoms with Crippen molar-refractivity contribution < 1.29 is 0 Å². The van der Waals surface area contributed by atoms with E-state index in [9.17, 15) is 0 Å². The zero-order chi connectivity index (χ0) is 9.42. The van der Waals surface area contributed by atoms with Crippen LogP contribution in [0, 0.1) is 12.8 Å². The van der Waals surface area contributed by atoms with Crippen molar-refractivity contribution in [3.63, 3.8) is 0 Å². The first-order valence-corrected chi connectivity index (χ1v) is 5.69. The summed E-state index contributed by atoms with van der Waals surface area (Å²) in [5.41, 5.74) is 1.33. The van der Waals surface area contributed by atoms with Gasteiger partial charge >= 0.3 is 0 Å². The Morgan fingerprint density at radius 3 is 3.00 bits per heavy atom. The molecule has 2 heterocycles. The van der Waals surface area contributed by atoms with Gasteiger partial charge in [-0.2, -0.15) is 0 Å². The van der Waals surface area contributed by atoms with Crippen molar-refractivity contribution in [1.29, 1.82) is 0 Å². The molecule has 3 heteroatoms. The van der Waals surface area contributed by atoms with Crippen molar-refractivity contribution in [1.82, 2.24) is 10.3 Å². The van der Waals surface area contributed by atoms with Crippen LogP contribution in [0.15, 0.2) is 0 Å². The van der Waals surface area contributed by atoms with Crippen molar-refractivity contribution in [3.05, 3.63) is 15.6 Å². The molecule has 1 aliphatic rings. The maximum absolute atomic E-state index is 4.56. The molecule has 1 aromatic rings. The van der Waals surface area contributed by atoms with Gasteiger partial charge in [0, 0.05) is 23.9 Å². The smallest absolute Gasteiger partial charge is 0.0900 e. The minimum absolute atomic E-state index is 0.537. The molecule has 72 valence electrons. The normalized spacial score (nSPS) is 22.0. The topological polar surface area (TPSA) is 24.9 Å². The van der Waals surface area contributed by atoms with Crippen LogP contribution in [0.1, 0.15) is 35.5 Å². The zero-order valence-corrected chi connectivity index (χ0v) is 9.24. The highest BCUT2D eigenvalue weighted by atomic mass is 32.1. The van der Waals surface area contributed by atoms with Crippen molar-refractivity contribution in [2.24, 2.45) is 5.92 Å². The van der Waals surface area contributed by atoms with Gasteiger partial charge in [0.25, 0.3) is 0 Å². The third-order valence-electron chi connectivity index (χ3n) is 2.51. The van der Waals surface area contributed by atoms with Gasteiger partial charge in [0.05, 0.1) is 10.7 Å². The van der Waals surface area contributed by atoms with Gasteiger partial charge in [-0.1, -0.05) is 13.8 Å². The Balaban J connectivity index is 2.36. The molecule has 0 saturated carbocycles. The number of fused-ring (bicyclic) bond motifs is 1. The number of thiazole rings is 1. The maximum atomic E-state index is 4.56. The van der Waals surface area contributed by atoms with Gasteiger partial charge in [-0.15, -0.1) is 11.3 Å². The van der Waals surface area contributed by atoms with Crippen LogP contribution in [-0.4, -0.2) is 11.5 Å². The van der Waals surface area contributed by atoms with Crippen LogP contribution < -0.4 is 5.32 Å². The molecule has 0 spiro atoms. The molecule has 1 N–H and O–H groups in total. The number of nitrogens with zero attached hydrogens (tertiary/aromatic N) is 1. The molecule has 0 aromatic carbocycles. The van der Waals surface area contributed by atoms with Crippen LogP contribution in [0.5, 0.6) is 0 Å². The molecule has 2 nitrogen and oxygen atoms in total. The Hall–Kier alpha value is -0.410. The first-order valence-electron chi connectivity index (χ1n) is 4.88. The molecule has 0 unspecified atom stereocenters. The Labute approximate surface area is 83.4 Å². The third-order valence-corrected chi connectivity index (χ3v) is 3.61. The minimum atomic E-state index is 0.537. The van der Waals surface area contributed by atoms with E-state index in [-0.39, 0.29) is 0 Å². The summed E-state index contributed by atoms with van der Waals surface area (Å²) in [4.78, 5) is 6.03. The molecule has 0 fully saturated rings. The van der Waals surface area contributed by atoms with E-state index in [1.54, 1.807) is 0 Å². The number of aryl methyl sites for hydroxylation is 1. The molecule has 1 aliphatic heterocycles. The molecule has 0 amide bonds. The molecule has 13 heavy (non-hydrogen) atoms. The Bertz CT molecular complexity index is 304. The number of hydrogen-bond acceptors (Lipinski definition) is 3. The fourth-order valence-electron chi connectivity index (χ4n) is 1.89. The standard InChI is InChI=1S/C10H16N2S/c1-6(2)9-10-8(4-5-11-9)12-7(3)13-10/h6,9,11H,4-5H2,1-3H3/t9-/m1/s1. The number of rotatable bonds is 1. The van der Waals surface area contributed by atoms with E-state index in [2.05, 4.69) is 31.1 Å². The van der Waals surface area contributed by atoms with Crippen LogP contribution in [0.3, 0.4) is 0 Å².